The van der Waals surface area contributed by atoms with E-state index in [2.05, 4.69) is 42.7 Å². The van der Waals surface area contributed by atoms with Crippen molar-refractivity contribution in [2.24, 2.45) is 33.5 Å². The van der Waals surface area contributed by atoms with Gasteiger partial charge in [0.2, 0.25) is 0 Å². The summed E-state index contributed by atoms with van der Waals surface area (Å²) in [4.78, 5) is 3.07. The van der Waals surface area contributed by atoms with Crippen LogP contribution in [0.15, 0.2) is 23.3 Å². The Hall–Kier alpha value is -1.00. The lowest BCUT2D eigenvalue weighted by Crippen LogP contribution is -2.65. The zero-order valence-electron chi connectivity index (χ0n) is 19.0. The van der Waals surface area contributed by atoms with Crippen LogP contribution in [0.3, 0.4) is 0 Å². The van der Waals surface area contributed by atoms with Gasteiger partial charge >= 0.3 is 0 Å². The third-order valence-corrected chi connectivity index (χ3v) is 12.9. The Morgan fingerprint density at radius 1 is 1.07 bits per heavy atom. The largest absolute Gasteiger partial charge is 0.287 e. The summed E-state index contributed by atoms with van der Waals surface area (Å²) >= 11 is 0. The van der Waals surface area contributed by atoms with Crippen LogP contribution < -0.4 is 0 Å². The maximum absolute atomic E-state index is 3.94. The maximum atomic E-state index is 3.94. The molecule has 0 radical (unpaired) electrons. The van der Waals surface area contributed by atoms with Gasteiger partial charge in [0.05, 0.1) is 0 Å². The second-order valence-corrected chi connectivity index (χ2v) is 12.9. The first kappa shape index (κ1) is 17.5. The zero-order valence-corrected chi connectivity index (χ0v) is 19.0. The summed E-state index contributed by atoms with van der Waals surface area (Å²) in [7, 11) is 0. The zero-order chi connectivity index (χ0) is 20.0. The van der Waals surface area contributed by atoms with Crippen molar-refractivity contribution < 1.29 is 0 Å². The molecular weight excluding hydrogens is 362 g/mol. The van der Waals surface area contributed by atoms with Crippen LogP contribution in [0.2, 0.25) is 0 Å². The molecule has 30 heavy (non-hydrogen) atoms. The van der Waals surface area contributed by atoms with E-state index >= 15 is 0 Å². The van der Waals surface area contributed by atoms with E-state index in [0.29, 0.717) is 33.2 Å². The highest BCUT2D eigenvalue weighted by Gasteiger charge is 2.81. The molecule has 9 rings (SSSR count). The molecule has 5 fully saturated rings. The van der Waals surface area contributed by atoms with Crippen LogP contribution in [-0.4, -0.2) is 23.0 Å². The van der Waals surface area contributed by atoms with Gasteiger partial charge in [-0.2, -0.15) is 0 Å². The van der Waals surface area contributed by atoms with Crippen molar-refractivity contribution in [1.29, 1.82) is 0 Å². The minimum absolute atomic E-state index is 0.385. The molecule has 4 saturated carbocycles. The first-order chi connectivity index (χ1) is 14.6. The van der Waals surface area contributed by atoms with E-state index in [-0.39, 0.29) is 0 Å². The minimum Gasteiger partial charge on any atom is -0.287 e. The molecule has 0 aromatic rings. The molecular formula is C29H37N. The summed E-state index contributed by atoms with van der Waals surface area (Å²) in [6, 6.07) is 0.698. The van der Waals surface area contributed by atoms with E-state index < -0.39 is 0 Å². The van der Waals surface area contributed by atoms with Crippen molar-refractivity contribution >= 4 is 0 Å². The van der Waals surface area contributed by atoms with Crippen LogP contribution in [0, 0.1) is 45.3 Å². The number of rotatable bonds is 0. The van der Waals surface area contributed by atoms with Crippen LogP contribution in [0.1, 0.15) is 90.9 Å². The summed E-state index contributed by atoms with van der Waals surface area (Å²) in [5.74, 6) is 9.57. The molecule has 3 aliphatic heterocycles. The predicted octanol–water partition coefficient (Wildman–Crippen LogP) is 6.26. The second kappa shape index (κ2) is 4.98. The summed E-state index contributed by atoms with van der Waals surface area (Å²) in [6.07, 6.45) is 22.2. The minimum atomic E-state index is 0.385. The lowest BCUT2D eigenvalue weighted by molar-refractivity contribution is -0.182. The molecule has 0 aromatic heterocycles. The van der Waals surface area contributed by atoms with Crippen LogP contribution in [0.25, 0.3) is 0 Å². The van der Waals surface area contributed by atoms with E-state index in [1.807, 2.05) is 5.57 Å². The Balaban J connectivity index is 1.44. The molecule has 1 saturated heterocycles. The standard InChI is InChI=1S/C29H37N/c1-20-8-16-28-21(2)17-22-7-5-13-26(28)12-4-3-10-25-11-6-14-27(25)19-30(27)24(9-15-25)29(22,26)18-23(20)28/h9,15,21-22,24H,5-8,10-14,16-19H2,1-2H3. The normalized spacial score (nSPS) is 61.0. The molecule has 0 amide bonds. The second-order valence-electron chi connectivity index (χ2n) is 12.9. The van der Waals surface area contributed by atoms with Crippen molar-refractivity contribution in [1.82, 2.24) is 4.90 Å². The number of hydrogen-bond acceptors (Lipinski definition) is 1. The highest BCUT2D eigenvalue weighted by atomic mass is 15.4. The first-order valence-corrected chi connectivity index (χ1v) is 13.2. The average Bonchev–Trinajstić information content (AvgIpc) is 3.14. The molecule has 3 spiro atoms. The summed E-state index contributed by atoms with van der Waals surface area (Å²) in [5.41, 5.74) is 5.99. The van der Waals surface area contributed by atoms with Crippen LogP contribution in [0.4, 0.5) is 0 Å². The van der Waals surface area contributed by atoms with E-state index in [1.54, 1.807) is 5.57 Å². The quantitative estimate of drug-likeness (QED) is 0.264. The van der Waals surface area contributed by atoms with Gasteiger partial charge in [0.15, 0.2) is 0 Å². The molecule has 6 aliphatic carbocycles. The smallest absolute Gasteiger partial charge is 0.0443 e. The van der Waals surface area contributed by atoms with Crippen LogP contribution in [-0.2, 0) is 0 Å². The highest BCUT2D eigenvalue weighted by Crippen LogP contribution is 2.85. The van der Waals surface area contributed by atoms with E-state index in [4.69, 9.17) is 0 Å². The fourth-order valence-corrected chi connectivity index (χ4v) is 12.0. The Kier molecular flexibility index (Phi) is 2.91. The van der Waals surface area contributed by atoms with Gasteiger partial charge < -0.3 is 0 Å². The Morgan fingerprint density at radius 3 is 2.90 bits per heavy atom. The van der Waals surface area contributed by atoms with Crippen molar-refractivity contribution in [3.63, 3.8) is 0 Å². The van der Waals surface area contributed by atoms with Crippen LogP contribution in [0.5, 0.6) is 0 Å². The summed E-state index contributed by atoms with van der Waals surface area (Å²) in [5, 5.41) is 0. The Bertz CT molecular complexity index is 992. The van der Waals surface area contributed by atoms with Gasteiger partial charge in [-0.05, 0) is 75.5 Å². The number of hydrogen-bond donors (Lipinski definition) is 0. The van der Waals surface area contributed by atoms with Gasteiger partial charge in [-0.3, -0.25) is 4.90 Å². The van der Waals surface area contributed by atoms with E-state index in [0.717, 1.165) is 18.3 Å². The molecule has 158 valence electrons. The summed E-state index contributed by atoms with van der Waals surface area (Å²) < 4.78 is 0. The molecule has 9 aliphatic rings. The molecule has 3 heterocycles. The molecule has 1 nitrogen and oxygen atoms in total. The molecule has 0 aromatic carbocycles. The van der Waals surface area contributed by atoms with Crippen molar-refractivity contribution in [2.45, 2.75) is 102 Å². The molecule has 0 N–H and O–H groups in total. The predicted molar refractivity (Wildman–Crippen MR) is 121 cm³/mol. The third kappa shape index (κ3) is 1.46. The fraction of sp³-hybridized carbons (Fsp3) is 0.793. The van der Waals surface area contributed by atoms with Gasteiger partial charge in [-0.1, -0.05) is 43.1 Å². The molecule has 9 atom stereocenters. The molecule has 1 heteroatoms. The average molecular weight is 400 g/mol. The highest BCUT2D eigenvalue weighted by molar-refractivity contribution is 5.48. The fourth-order valence-electron chi connectivity index (χ4n) is 12.0. The van der Waals surface area contributed by atoms with E-state index in [9.17, 15) is 0 Å². The first-order valence-electron chi connectivity index (χ1n) is 13.2. The van der Waals surface area contributed by atoms with Gasteiger partial charge in [0.25, 0.3) is 0 Å². The number of allylic oxidation sites excluding steroid dienone is 2. The maximum Gasteiger partial charge on any atom is 0.0443 e. The van der Waals surface area contributed by atoms with Crippen molar-refractivity contribution in [3.05, 3.63) is 23.3 Å². The third-order valence-electron chi connectivity index (χ3n) is 12.9. The van der Waals surface area contributed by atoms with Crippen molar-refractivity contribution in [3.8, 4) is 11.8 Å². The van der Waals surface area contributed by atoms with Crippen LogP contribution >= 0.6 is 0 Å². The number of fused-ring (bicyclic) bond motifs is 2. The Morgan fingerprint density at radius 2 is 1.97 bits per heavy atom. The van der Waals surface area contributed by atoms with Gasteiger partial charge in [0.1, 0.15) is 0 Å². The molecule has 6 bridgehead atoms. The molecule has 9 unspecified atom stereocenters. The number of nitrogens with zero attached hydrogens (tertiary/aromatic N) is 1. The monoisotopic (exact) mass is 399 g/mol. The van der Waals surface area contributed by atoms with E-state index in [1.165, 1.54) is 77.2 Å². The van der Waals surface area contributed by atoms with Crippen molar-refractivity contribution in [2.75, 3.05) is 6.54 Å². The topological polar surface area (TPSA) is 3.01 Å². The lowest BCUT2D eigenvalue weighted by atomic mass is 9.37. The van der Waals surface area contributed by atoms with Gasteiger partial charge in [-0.15, -0.1) is 11.8 Å². The lowest BCUT2D eigenvalue weighted by Gasteiger charge is -2.68. The van der Waals surface area contributed by atoms with Gasteiger partial charge in [0, 0.05) is 47.2 Å². The van der Waals surface area contributed by atoms with Gasteiger partial charge in [-0.25, -0.2) is 0 Å². The Labute approximate surface area is 182 Å². The summed E-state index contributed by atoms with van der Waals surface area (Å²) in [6.45, 7) is 6.53. The SMILES string of the molecule is CC1=C2CC34C5CCCC3(CC#CCC36C=CC4N4CC43CCC6)C2(CC1)C(C)C5.